The predicted molar refractivity (Wildman–Crippen MR) is 124 cm³/mol. The van der Waals surface area contributed by atoms with Gasteiger partial charge in [0.2, 0.25) is 0 Å². The average Bonchev–Trinajstić information content (AvgIpc) is 2.77. The molecule has 0 bridgehead atoms. The Balaban J connectivity index is 1.90. The average molecular weight is 416 g/mol. The Kier molecular flexibility index (Phi) is 7.23. The lowest BCUT2D eigenvalue weighted by Gasteiger charge is -2.43. The van der Waals surface area contributed by atoms with E-state index < -0.39 is 14.4 Å². The first-order valence-corrected chi connectivity index (χ1v) is 12.2. The zero-order valence-corrected chi connectivity index (χ0v) is 18.9. The van der Waals surface area contributed by atoms with Crippen LogP contribution in [0.15, 0.2) is 91.0 Å². The van der Waals surface area contributed by atoms with Gasteiger partial charge in [0, 0.05) is 0 Å². The lowest BCUT2D eigenvalue weighted by Crippen LogP contribution is -2.67. The van der Waals surface area contributed by atoms with Crippen LogP contribution in [0, 0.1) is 11.3 Å². The highest BCUT2D eigenvalue weighted by Crippen LogP contribution is 2.36. The Morgan fingerprint density at radius 3 is 1.70 bits per heavy atom. The molecule has 0 aromatic heterocycles. The Morgan fingerprint density at radius 2 is 1.27 bits per heavy atom. The summed E-state index contributed by atoms with van der Waals surface area (Å²) in [5, 5.41) is 12.0. The summed E-state index contributed by atoms with van der Waals surface area (Å²) in [6.07, 6.45) is -0.633. The summed E-state index contributed by atoms with van der Waals surface area (Å²) in [6.45, 7) is 7.31. The molecule has 30 heavy (non-hydrogen) atoms. The number of ether oxygens (including phenoxy) is 1. The first-order valence-electron chi connectivity index (χ1n) is 10.3. The first kappa shape index (κ1) is 22.0. The minimum atomic E-state index is -2.67. The van der Waals surface area contributed by atoms with Crippen molar-refractivity contribution >= 4 is 18.7 Å². The van der Waals surface area contributed by atoms with Crippen molar-refractivity contribution in [3.8, 4) is 6.07 Å². The third kappa shape index (κ3) is 4.88. The highest BCUT2D eigenvalue weighted by Gasteiger charge is 2.50. The van der Waals surface area contributed by atoms with Crippen LogP contribution in [-0.2, 0) is 15.8 Å². The third-order valence-electron chi connectivity index (χ3n) is 5.31. The fourth-order valence-electron chi connectivity index (χ4n) is 3.86. The molecule has 4 heteroatoms. The van der Waals surface area contributed by atoms with Crippen molar-refractivity contribution < 1.29 is 9.16 Å². The van der Waals surface area contributed by atoms with Gasteiger partial charge in [-0.3, -0.25) is 0 Å². The van der Waals surface area contributed by atoms with Crippen LogP contribution in [0.4, 0.5) is 0 Å². The standard InChI is InChI=1S/C26H29NO2Si/c1-26(2,3)30(24-15-9-5-10-16-24,25-17-11-6-12-18-25)29-21-23(19-27)28-20-22-13-7-4-8-14-22/h4-18,23H,20-21H2,1-3H3. The fraction of sp³-hybridized carbons (Fsp3) is 0.269. The van der Waals surface area contributed by atoms with Gasteiger partial charge >= 0.3 is 0 Å². The highest BCUT2D eigenvalue weighted by atomic mass is 28.4. The van der Waals surface area contributed by atoms with Gasteiger partial charge in [0.1, 0.15) is 0 Å². The number of benzene rings is 3. The molecule has 0 saturated heterocycles. The molecule has 0 N–H and O–H groups in total. The second-order valence-corrected chi connectivity index (χ2v) is 12.7. The zero-order valence-electron chi connectivity index (χ0n) is 17.9. The van der Waals surface area contributed by atoms with Crippen LogP contribution in [-0.4, -0.2) is 21.0 Å². The van der Waals surface area contributed by atoms with E-state index in [2.05, 4.69) is 75.4 Å². The molecule has 3 nitrogen and oxygen atoms in total. The Labute approximate surface area is 181 Å². The number of hydrogen-bond donors (Lipinski definition) is 0. The molecule has 1 atom stereocenters. The molecule has 0 spiro atoms. The van der Waals surface area contributed by atoms with Crippen LogP contribution < -0.4 is 10.4 Å². The smallest absolute Gasteiger partial charge is 0.261 e. The molecule has 0 aliphatic heterocycles. The Hall–Kier alpha value is -2.71. The van der Waals surface area contributed by atoms with Crippen molar-refractivity contribution in [3.05, 3.63) is 96.6 Å². The summed E-state index contributed by atoms with van der Waals surface area (Å²) in [5.74, 6) is 0. The van der Waals surface area contributed by atoms with Gasteiger partial charge in [-0.25, -0.2) is 0 Å². The molecule has 0 fully saturated rings. The lowest BCUT2D eigenvalue weighted by atomic mass is 10.2. The summed E-state index contributed by atoms with van der Waals surface area (Å²) in [5.41, 5.74) is 1.04. The molecule has 0 aliphatic carbocycles. The van der Waals surface area contributed by atoms with Crippen molar-refractivity contribution in [1.82, 2.24) is 0 Å². The van der Waals surface area contributed by atoms with Crippen molar-refractivity contribution in [3.63, 3.8) is 0 Å². The van der Waals surface area contributed by atoms with Gasteiger partial charge in [-0.15, -0.1) is 0 Å². The van der Waals surface area contributed by atoms with Crippen LogP contribution in [0.25, 0.3) is 0 Å². The van der Waals surface area contributed by atoms with Crippen LogP contribution in [0.3, 0.4) is 0 Å². The van der Waals surface area contributed by atoms with Crippen molar-refractivity contribution in [2.75, 3.05) is 6.61 Å². The molecular formula is C26H29NO2Si. The number of rotatable bonds is 8. The zero-order chi connectivity index (χ0) is 21.5. The van der Waals surface area contributed by atoms with E-state index in [0.29, 0.717) is 6.61 Å². The minimum absolute atomic E-state index is 0.130. The second-order valence-electron chi connectivity index (χ2n) is 8.39. The van der Waals surface area contributed by atoms with Gasteiger partial charge in [0.25, 0.3) is 8.32 Å². The van der Waals surface area contributed by atoms with E-state index in [9.17, 15) is 5.26 Å². The molecule has 0 saturated carbocycles. The number of hydrogen-bond acceptors (Lipinski definition) is 3. The van der Waals surface area contributed by atoms with E-state index in [0.717, 1.165) is 5.56 Å². The van der Waals surface area contributed by atoms with Gasteiger partial charge in [0.05, 0.1) is 19.3 Å². The van der Waals surface area contributed by atoms with Gasteiger partial charge in [-0.05, 0) is 21.0 Å². The van der Waals surface area contributed by atoms with E-state index in [-0.39, 0.29) is 11.6 Å². The van der Waals surface area contributed by atoms with Crippen molar-refractivity contribution in [1.29, 1.82) is 5.26 Å². The summed E-state index contributed by atoms with van der Waals surface area (Å²) >= 11 is 0. The van der Waals surface area contributed by atoms with Crippen LogP contribution in [0.1, 0.15) is 26.3 Å². The summed E-state index contributed by atoms with van der Waals surface area (Å²) in [4.78, 5) is 0. The Bertz CT molecular complexity index is 908. The molecule has 0 amide bonds. The van der Waals surface area contributed by atoms with E-state index >= 15 is 0 Å². The second kappa shape index (κ2) is 9.86. The SMILES string of the molecule is CC(C)(C)[Si](OCC(C#N)OCc1ccccc1)(c1ccccc1)c1ccccc1. The summed E-state index contributed by atoms with van der Waals surface area (Å²) in [7, 11) is -2.67. The lowest BCUT2D eigenvalue weighted by molar-refractivity contribution is 0.0412. The maximum Gasteiger partial charge on any atom is 0.261 e. The molecule has 0 radical (unpaired) electrons. The van der Waals surface area contributed by atoms with Crippen LogP contribution >= 0.6 is 0 Å². The predicted octanol–water partition coefficient (Wildman–Crippen LogP) is 4.67. The number of nitrogens with zero attached hydrogens (tertiary/aromatic N) is 1. The molecule has 1 unspecified atom stereocenters. The fourth-order valence-corrected chi connectivity index (χ4v) is 8.41. The van der Waals surface area contributed by atoms with Gasteiger partial charge in [-0.2, -0.15) is 5.26 Å². The minimum Gasteiger partial charge on any atom is -0.404 e. The first-order chi connectivity index (χ1) is 14.5. The normalized spacial score (nSPS) is 12.9. The summed E-state index contributed by atoms with van der Waals surface area (Å²) in [6, 6.07) is 33.1. The molecule has 154 valence electrons. The van der Waals surface area contributed by atoms with Gasteiger partial charge in [0.15, 0.2) is 6.10 Å². The quantitative estimate of drug-likeness (QED) is 0.502. The molecule has 3 aromatic rings. The molecule has 0 heterocycles. The maximum atomic E-state index is 9.71. The largest absolute Gasteiger partial charge is 0.404 e. The number of nitriles is 1. The van der Waals surface area contributed by atoms with Crippen molar-refractivity contribution in [2.24, 2.45) is 0 Å². The Morgan fingerprint density at radius 1 is 0.800 bits per heavy atom. The van der Waals surface area contributed by atoms with Gasteiger partial charge < -0.3 is 9.16 Å². The van der Waals surface area contributed by atoms with Gasteiger partial charge in [-0.1, -0.05) is 112 Å². The monoisotopic (exact) mass is 415 g/mol. The maximum absolute atomic E-state index is 9.71. The third-order valence-corrected chi connectivity index (χ3v) is 10.3. The van der Waals surface area contributed by atoms with Crippen LogP contribution in [0.5, 0.6) is 0 Å². The van der Waals surface area contributed by atoms with E-state index in [1.165, 1.54) is 10.4 Å². The topological polar surface area (TPSA) is 42.2 Å². The molecular weight excluding hydrogens is 386 g/mol. The van der Waals surface area contributed by atoms with E-state index in [1.807, 2.05) is 42.5 Å². The summed E-state index contributed by atoms with van der Waals surface area (Å²) < 4.78 is 12.7. The van der Waals surface area contributed by atoms with E-state index in [4.69, 9.17) is 9.16 Å². The molecule has 3 aromatic carbocycles. The molecule has 3 rings (SSSR count). The highest BCUT2D eigenvalue weighted by molar-refractivity contribution is 6.99. The van der Waals surface area contributed by atoms with Crippen molar-refractivity contribution in [2.45, 2.75) is 38.5 Å². The van der Waals surface area contributed by atoms with Crippen LogP contribution in [0.2, 0.25) is 5.04 Å². The molecule has 0 aliphatic rings. The van der Waals surface area contributed by atoms with E-state index in [1.54, 1.807) is 0 Å².